The average Bonchev–Trinajstić information content (AvgIpc) is 2.83. The van der Waals surface area contributed by atoms with Crippen LogP contribution in [0, 0.1) is 5.92 Å². The fourth-order valence-corrected chi connectivity index (χ4v) is 4.20. The van der Waals surface area contributed by atoms with E-state index in [9.17, 15) is 14.4 Å². The van der Waals surface area contributed by atoms with Crippen LogP contribution < -0.4 is 16.0 Å². The van der Waals surface area contributed by atoms with Crippen molar-refractivity contribution in [3.63, 3.8) is 0 Å². The highest BCUT2D eigenvalue weighted by Crippen LogP contribution is 2.26. The van der Waals surface area contributed by atoms with Gasteiger partial charge in [-0.15, -0.1) is 0 Å². The molecule has 0 fully saturated rings. The van der Waals surface area contributed by atoms with Crippen molar-refractivity contribution in [3.8, 4) is 0 Å². The van der Waals surface area contributed by atoms with Gasteiger partial charge in [-0.05, 0) is 47.4 Å². The van der Waals surface area contributed by atoms with Gasteiger partial charge in [0.1, 0.15) is 6.04 Å². The van der Waals surface area contributed by atoms with E-state index in [0.717, 1.165) is 11.1 Å². The number of benzene rings is 3. The number of hydrogen-bond donors (Lipinski definition) is 3. The van der Waals surface area contributed by atoms with E-state index < -0.39 is 6.04 Å². The molecule has 3 aromatic rings. The Balaban J connectivity index is 1.46. The quantitative estimate of drug-likeness (QED) is 0.458. The van der Waals surface area contributed by atoms with Gasteiger partial charge in [-0.2, -0.15) is 0 Å². The summed E-state index contributed by atoms with van der Waals surface area (Å²) in [5.41, 5.74) is 3.91. The van der Waals surface area contributed by atoms with E-state index in [1.54, 1.807) is 41.3 Å². The van der Waals surface area contributed by atoms with Gasteiger partial charge in [0.25, 0.3) is 0 Å². The molecule has 1 heterocycles. The Morgan fingerprint density at radius 3 is 2.11 bits per heavy atom. The molecule has 35 heavy (non-hydrogen) atoms. The molecule has 0 aromatic heterocycles. The lowest BCUT2D eigenvalue weighted by molar-refractivity contribution is -0.140. The van der Waals surface area contributed by atoms with Crippen LogP contribution in [0.4, 0.5) is 21.9 Å². The van der Waals surface area contributed by atoms with Crippen molar-refractivity contribution in [2.75, 3.05) is 16.0 Å². The monoisotopic (exact) mass is 470 g/mol. The molecule has 4 amide bonds. The van der Waals surface area contributed by atoms with Crippen LogP contribution in [0.3, 0.4) is 0 Å². The number of carbonyl (C=O) groups excluding carboxylic acids is 3. The molecular formula is C28H30N4O3. The largest absolute Gasteiger partial charge is 0.326 e. The van der Waals surface area contributed by atoms with Gasteiger partial charge in [-0.3, -0.25) is 9.59 Å². The van der Waals surface area contributed by atoms with Crippen LogP contribution in [0.5, 0.6) is 0 Å². The molecule has 0 aliphatic carbocycles. The molecule has 1 atom stereocenters. The summed E-state index contributed by atoms with van der Waals surface area (Å²) in [6, 6.07) is 23.0. The molecule has 1 aliphatic heterocycles. The first-order valence-electron chi connectivity index (χ1n) is 11.8. The summed E-state index contributed by atoms with van der Waals surface area (Å²) in [7, 11) is 0. The average molecular weight is 471 g/mol. The van der Waals surface area contributed by atoms with Crippen molar-refractivity contribution < 1.29 is 14.4 Å². The van der Waals surface area contributed by atoms with Crippen molar-refractivity contribution in [3.05, 3.63) is 90.0 Å². The van der Waals surface area contributed by atoms with Crippen LogP contribution in [-0.2, 0) is 22.6 Å². The predicted molar refractivity (Wildman–Crippen MR) is 138 cm³/mol. The predicted octanol–water partition coefficient (Wildman–Crippen LogP) is 5.27. The maximum Gasteiger partial charge on any atom is 0.323 e. The molecule has 3 aromatic carbocycles. The van der Waals surface area contributed by atoms with Gasteiger partial charge < -0.3 is 20.9 Å². The van der Waals surface area contributed by atoms with Gasteiger partial charge in [-0.1, -0.05) is 62.4 Å². The highest BCUT2D eigenvalue weighted by molar-refractivity contribution is 6.01. The fourth-order valence-electron chi connectivity index (χ4n) is 4.20. The van der Waals surface area contributed by atoms with Gasteiger partial charge in [0.05, 0.1) is 0 Å². The third-order valence-corrected chi connectivity index (χ3v) is 5.87. The second-order valence-corrected chi connectivity index (χ2v) is 9.12. The number of nitrogens with one attached hydrogen (secondary N) is 3. The molecule has 180 valence electrons. The number of hydrogen-bond acceptors (Lipinski definition) is 3. The molecular weight excluding hydrogens is 440 g/mol. The number of nitrogens with zero attached hydrogens (tertiary/aromatic N) is 1. The molecule has 0 saturated carbocycles. The van der Waals surface area contributed by atoms with Crippen molar-refractivity contribution in [1.82, 2.24) is 4.90 Å². The van der Waals surface area contributed by atoms with Crippen LogP contribution in [0.15, 0.2) is 78.9 Å². The summed E-state index contributed by atoms with van der Waals surface area (Å²) in [6.45, 7) is 4.41. The van der Waals surface area contributed by atoms with Gasteiger partial charge in [-0.25, -0.2) is 4.79 Å². The van der Waals surface area contributed by atoms with Crippen molar-refractivity contribution in [1.29, 1.82) is 0 Å². The zero-order chi connectivity index (χ0) is 24.8. The summed E-state index contributed by atoms with van der Waals surface area (Å²) in [5.74, 6) is -0.0710. The summed E-state index contributed by atoms with van der Waals surface area (Å²) in [5, 5.41) is 8.48. The fraction of sp³-hybridized carbons (Fsp3) is 0.250. The Morgan fingerprint density at radius 1 is 0.800 bits per heavy atom. The van der Waals surface area contributed by atoms with Crippen LogP contribution in [0.25, 0.3) is 0 Å². The summed E-state index contributed by atoms with van der Waals surface area (Å²) in [6.07, 6.45) is 0.852. The Bertz CT molecular complexity index is 1210. The number of fused-ring (bicyclic) bond motifs is 1. The maximum atomic E-state index is 13.3. The van der Waals surface area contributed by atoms with E-state index >= 15 is 0 Å². The normalized spacial score (nSPS) is 14.7. The molecule has 1 aliphatic rings. The zero-order valence-corrected chi connectivity index (χ0v) is 20.0. The first kappa shape index (κ1) is 24.0. The van der Waals surface area contributed by atoms with E-state index in [-0.39, 0.29) is 23.8 Å². The number of amides is 4. The number of anilines is 3. The standard InChI is InChI=1S/C28H30N4O3/c1-19(2)15-26(33)32-18-21-10-7-6-9-20(21)16-25(32)27(34)29-23-13-8-14-24(17-23)31-28(35)30-22-11-4-3-5-12-22/h3-14,17,19,25H,15-16,18H2,1-2H3,(H,29,34)(H2,30,31,35). The minimum atomic E-state index is -0.603. The van der Waals surface area contributed by atoms with Crippen molar-refractivity contribution in [2.45, 2.75) is 39.3 Å². The third kappa shape index (κ3) is 6.26. The lowest BCUT2D eigenvalue weighted by Gasteiger charge is -2.36. The minimum absolute atomic E-state index is 0.0253. The lowest BCUT2D eigenvalue weighted by Crippen LogP contribution is -2.50. The van der Waals surface area contributed by atoms with Crippen LogP contribution in [0.1, 0.15) is 31.4 Å². The van der Waals surface area contributed by atoms with Crippen LogP contribution in [0.2, 0.25) is 0 Å². The Kier molecular flexibility index (Phi) is 7.45. The Hall–Kier alpha value is -4.13. The molecule has 0 saturated heterocycles. The molecule has 1 unspecified atom stereocenters. The van der Waals surface area contributed by atoms with E-state index in [4.69, 9.17) is 0 Å². The highest BCUT2D eigenvalue weighted by Gasteiger charge is 2.34. The third-order valence-electron chi connectivity index (χ3n) is 5.87. The lowest BCUT2D eigenvalue weighted by atomic mass is 9.92. The second-order valence-electron chi connectivity index (χ2n) is 9.12. The SMILES string of the molecule is CC(C)CC(=O)N1Cc2ccccc2CC1C(=O)Nc1cccc(NC(=O)Nc2ccccc2)c1. The summed E-state index contributed by atoms with van der Waals surface area (Å²) < 4.78 is 0. The van der Waals surface area contributed by atoms with Gasteiger partial charge >= 0.3 is 6.03 Å². The van der Waals surface area contributed by atoms with Crippen LogP contribution >= 0.6 is 0 Å². The topological polar surface area (TPSA) is 90.5 Å². The second kappa shape index (κ2) is 10.9. The number of para-hydroxylation sites is 1. The molecule has 4 rings (SSSR count). The van der Waals surface area contributed by atoms with Crippen molar-refractivity contribution >= 4 is 34.9 Å². The number of carbonyl (C=O) groups is 3. The van der Waals surface area contributed by atoms with Gasteiger partial charge in [0.15, 0.2) is 0 Å². The molecule has 0 spiro atoms. The number of urea groups is 1. The van der Waals surface area contributed by atoms with E-state index in [1.807, 2.05) is 56.3 Å². The van der Waals surface area contributed by atoms with Crippen molar-refractivity contribution in [2.24, 2.45) is 5.92 Å². The zero-order valence-electron chi connectivity index (χ0n) is 20.0. The smallest absolute Gasteiger partial charge is 0.323 e. The molecule has 0 bridgehead atoms. The van der Waals surface area contributed by atoms with Gasteiger partial charge in [0, 0.05) is 36.4 Å². The maximum absolute atomic E-state index is 13.3. The molecule has 7 nitrogen and oxygen atoms in total. The van der Waals surface area contributed by atoms with E-state index in [1.165, 1.54) is 0 Å². The Labute approximate surface area is 205 Å². The summed E-state index contributed by atoms with van der Waals surface area (Å²) in [4.78, 5) is 40.4. The number of rotatable bonds is 6. The van der Waals surface area contributed by atoms with Gasteiger partial charge in [0.2, 0.25) is 11.8 Å². The Morgan fingerprint density at radius 2 is 1.40 bits per heavy atom. The minimum Gasteiger partial charge on any atom is -0.326 e. The first-order valence-corrected chi connectivity index (χ1v) is 11.8. The summed E-state index contributed by atoms with van der Waals surface area (Å²) >= 11 is 0. The molecule has 0 radical (unpaired) electrons. The first-order chi connectivity index (χ1) is 16.9. The molecule has 3 N–H and O–H groups in total. The highest BCUT2D eigenvalue weighted by atomic mass is 16.2. The molecule has 7 heteroatoms. The van der Waals surface area contributed by atoms with E-state index in [0.29, 0.717) is 36.4 Å². The van der Waals surface area contributed by atoms with Crippen LogP contribution in [-0.4, -0.2) is 28.8 Å². The van der Waals surface area contributed by atoms with E-state index in [2.05, 4.69) is 16.0 Å².